The Bertz CT molecular complexity index is 2600. The molecule has 0 amide bonds. The van der Waals surface area contributed by atoms with Crippen LogP contribution in [0.5, 0.6) is 0 Å². The number of Topliss-reactive ketones (excluding diaryl/α,β-unsaturated/α-hetero) is 1. The van der Waals surface area contributed by atoms with Crippen molar-refractivity contribution in [3.05, 3.63) is 118 Å². The lowest BCUT2D eigenvalue weighted by Crippen LogP contribution is -2.55. The molecule has 0 bridgehead atoms. The summed E-state index contributed by atoms with van der Waals surface area (Å²) in [6.45, 7) is 6.59. The van der Waals surface area contributed by atoms with E-state index in [2.05, 4.69) is 30.0 Å². The van der Waals surface area contributed by atoms with Gasteiger partial charge in [0.15, 0.2) is 5.78 Å². The highest BCUT2D eigenvalue weighted by Gasteiger charge is 2.36. The minimum atomic E-state index is -3.90. The maximum absolute atomic E-state index is 13.7. The van der Waals surface area contributed by atoms with Crippen LogP contribution in [-0.2, 0) is 33.5 Å². The van der Waals surface area contributed by atoms with Crippen molar-refractivity contribution in [3.8, 4) is 11.5 Å². The Labute approximate surface area is 381 Å². The average molecular weight is 965 g/mol. The van der Waals surface area contributed by atoms with E-state index in [9.17, 15) is 30.4 Å². The van der Waals surface area contributed by atoms with E-state index in [1.54, 1.807) is 72.8 Å². The molecule has 7 rings (SSSR count). The second kappa shape index (κ2) is 21.1. The first-order valence-electron chi connectivity index (χ1n) is 20.1. The molecule has 344 valence electrons. The lowest BCUT2D eigenvalue weighted by molar-refractivity contribution is 0.100. The number of carbonyl (C=O) groups is 1. The van der Waals surface area contributed by atoms with Gasteiger partial charge in [-0.25, -0.2) is 0 Å². The Balaban J connectivity index is 0.000000214. The van der Waals surface area contributed by atoms with Crippen molar-refractivity contribution in [2.24, 2.45) is 5.73 Å². The number of anilines is 2. The summed E-state index contributed by atoms with van der Waals surface area (Å²) in [5.74, 6) is -1.10. The number of nitrogens with two attached hydrogens (primary N) is 1. The van der Waals surface area contributed by atoms with Crippen LogP contribution in [0.3, 0.4) is 0 Å². The predicted octanol–water partition coefficient (Wildman–Crippen LogP) is 5.37. The molecule has 0 radical (unpaired) electrons. The first-order valence-corrected chi connectivity index (χ1v) is 23.6. The van der Waals surface area contributed by atoms with E-state index in [-0.39, 0.29) is 43.4 Å². The molecule has 17 nitrogen and oxygen atoms in total. The number of hydrogen-bond acceptors (Lipinski definition) is 13. The Kier molecular flexibility index (Phi) is 16.0. The first kappa shape index (κ1) is 48.7. The number of halogens is 4. The molecule has 23 heteroatoms. The van der Waals surface area contributed by atoms with Crippen LogP contribution >= 0.6 is 23.2 Å². The molecule has 2 aliphatic heterocycles. The summed E-state index contributed by atoms with van der Waals surface area (Å²) >= 11 is 12.3. The zero-order chi connectivity index (χ0) is 46.3. The summed E-state index contributed by atoms with van der Waals surface area (Å²) in [5, 5.41) is 7.75. The van der Waals surface area contributed by atoms with Crippen molar-refractivity contribution in [1.82, 2.24) is 38.6 Å². The van der Waals surface area contributed by atoms with Crippen LogP contribution in [0.25, 0.3) is 11.5 Å². The number of benzene rings is 2. The topological polar surface area (TPSA) is 196 Å². The maximum atomic E-state index is 13.7. The fourth-order valence-electron chi connectivity index (χ4n) is 6.78. The standard InChI is InChI=1S/C21H23ClF2N6O3S.C20H26ClN5O3S/c1-14-12-29(9-8-28(14)2)34(31,32)30(18-5-3-4-16(22)10-18)13-17-7-6-15(11-25-17)20-26-27-21(33-20)19(23)24;1-15-13-25(9-8-24(15)2)30(28,29)26(19-5-3-4-17(21)10-19)14-18-7-6-16(12-23-18)20(27)11-22/h3-7,10-11,14,19H,8-9,12-13H2,1-2H3;3-7,10,12,15H,8-9,11,13-14,22H2,1-2H3/t14-;15-/m11/s1. The largest absolute Gasteiger partial charge is 0.415 e. The molecular weight excluding hydrogens is 916 g/mol. The van der Waals surface area contributed by atoms with Gasteiger partial charge in [-0.1, -0.05) is 35.3 Å². The Morgan fingerprint density at radius 2 is 1.27 bits per heavy atom. The average Bonchev–Trinajstić information content (AvgIpc) is 3.78. The molecule has 2 saturated heterocycles. The molecule has 2 aromatic carbocycles. The summed E-state index contributed by atoms with van der Waals surface area (Å²) in [6.07, 6.45) is -0.0773. The molecule has 0 unspecified atom stereocenters. The lowest BCUT2D eigenvalue weighted by Gasteiger charge is -2.39. The summed E-state index contributed by atoms with van der Waals surface area (Å²) in [6, 6.07) is 19.9. The summed E-state index contributed by atoms with van der Waals surface area (Å²) in [7, 11) is -3.78. The van der Waals surface area contributed by atoms with Crippen molar-refractivity contribution in [2.45, 2.75) is 45.4 Å². The van der Waals surface area contributed by atoms with Gasteiger partial charge in [-0.3, -0.25) is 23.4 Å². The number of hydrogen-bond donors (Lipinski definition) is 1. The van der Waals surface area contributed by atoms with Crippen molar-refractivity contribution in [1.29, 1.82) is 0 Å². The minimum absolute atomic E-state index is 0.0144. The van der Waals surface area contributed by atoms with Crippen LogP contribution in [-0.4, -0.2) is 133 Å². The lowest BCUT2D eigenvalue weighted by atomic mass is 10.2. The SMILES string of the molecule is C[C@@H]1CN(S(=O)(=O)N(Cc2ccc(-c3nnc(C(F)F)o3)cn2)c2cccc(Cl)c2)CCN1C.C[C@@H]1CN(S(=O)(=O)N(Cc2ccc(C(=O)CN)cn2)c2cccc(Cl)c2)CCN1C. The molecule has 5 heterocycles. The molecule has 0 aliphatic carbocycles. The smallest absolute Gasteiger partial charge is 0.314 e. The fraction of sp³-hybridized carbons (Fsp3) is 0.390. The van der Waals surface area contributed by atoms with E-state index < -0.39 is 32.7 Å². The van der Waals surface area contributed by atoms with Crippen LogP contribution < -0.4 is 14.3 Å². The molecule has 5 aromatic rings. The van der Waals surface area contributed by atoms with E-state index in [0.717, 1.165) is 0 Å². The summed E-state index contributed by atoms with van der Waals surface area (Å²) < 4.78 is 90.4. The van der Waals surface area contributed by atoms with Crippen LogP contribution in [0, 0.1) is 0 Å². The predicted molar refractivity (Wildman–Crippen MR) is 241 cm³/mol. The van der Waals surface area contributed by atoms with Gasteiger partial charge in [0.1, 0.15) is 0 Å². The number of nitrogens with zero attached hydrogens (tertiary/aromatic N) is 10. The van der Waals surface area contributed by atoms with E-state index in [1.165, 1.54) is 29.6 Å². The van der Waals surface area contributed by atoms with Crippen LogP contribution in [0.4, 0.5) is 20.2 Å². The van der Waals surface area contributed by atoms with Crippen molar-refractivity contribution in [2.75, 3.05) is 68.5 Å². The van der Waals surface area contributed by atoms with E-state index in [1.807, 2.05) is 27.9 Å². The molecule has 0 saturated carbocycles. The van der Waals surface area contributed by atoms with Crippen LogP contribution in [0.15, 0.2) is 89.6 Å². The minimum Gasteiger partial charge on any atom is -0.415 e. The van der Waals surface area contributed by atoms with Gasteiger partial charge < -0.3 is 20.0 Å². The normalized spacial score (nSPS) is 18.1. The number of pyridine rings is 2. The molecule has 2 fully saturated rings. The van der Waals surface area contributed by atoms with Gasteiger partial charge in [0.2, 0.25) is 5.89 Å². The number of ketones is 1. The summed E-state index contributed by atoms with van der Waals surface area (Å²) in [4.78, 5) is 24.5. The summed E-state index contributed by atoms with van der Waals surface area (Å²) in [5.41, 5.74) is 7.93. The maximum Gasteiger partial charge on any atom is 0.314 e. The third-order valence-electron chi connectivity index (χ3n) is 10.9. The molecule has 0 spiro atoms. The highest BCUT2D eigenvalue weighted by atomic mass is 35.5. The Morgan fingerprint density at radius 3 is 1.66 bits per heavy atom. The van der Waals surface area contributed by atoms with Crippen molar-refractivity contribution in [3.63, 3.8) is 0 Å². The first-order chi connectivity index (χ1) is 30.4. The number of alkyl halides is 2. The van der Waals surface area contributed by atoms with E-state index >= 15 is 0 Å². The highest BCUT2D eigenvalue weighted by molar-refractivity contribution is 7.90. The molecule has 3 aromatic heterocycles. The van der Waals surface area contributed by atoms with Gasteiger partial charge in [-0.2, -0.15) is 34.2 Å². The van der Waals surface area contributed by atoms with Crippen molar-refractivity contribution < 1.29 is 34.8 Å². The Hall–Kier alpha value is -4.71. The van der Waals surface area contributed by atoms with Gasteiger partial charge in [0.05, 0.1) is 48.0 Å². The number of aromatic nitrogens is 4. The second-order valence-electron chi connectivity index (χ2n) is 15.3. The van der Waals surface area contributed by atoms with Gasteiger partial charge >= 0.3 is 26.8 Å². The second-order valence-corrected chi connectivity index (χ2v) is 19.9. The molecule has 2 aliphatic rings. The number of piperazine rings is 2. The molecular formula is C41H49Cl2F2N11O6S2. The zero-order valence-electron chi connectivity index (χ0n) is 35.5. The Morgan fingerprint density at radius 1 is 0.766 bits per heavy atom. The number of carbonyl (C=O) groups excluding carboxylic acids is 1. The van der Waals surface area contributed by atoms with Gasteiger partial charge in [0, 0.05) is 79.4 Å². The van der Waals surface area contributed by atoms with Crippen LogP contribution in [0.2, 0.25) is 10.0 Å². The fourth-order valence-corrected chi connectivity index (χ4v) is 10.5. The number of rotatable bonds is 14. The highest BCUT2D eigenvalue weighted by Crippen LogP contribution is 2.30. The van der Waals surface area contributed by atoms with E-state index in [0.29, 0.717) is 83.2 Å². The third-order valence-corrected chi connectivity index (χ3v) is 15.1. The van der Waals surface area contributed by atoms with Gasteiger partial charge in [-0.05, 0) is 88.6 Å². The molecule has 64 heavy (non-hydrogen) atoms. The van der Waals surface area contributed by atoms with E-state index in [4.69, 9.17) is 33.4 Å². The third kappa shape index (κ3) is 11.8. The molecule has 2 atom stereocenters. The monoisotopic (exact) mass is 963 g/mol. The van der Waals surface area contributed by atoms with Crippen molar-refractivity contribution >= 4 is 60.8 Å². The quantitative estimate of drug-likeness (QED) is 0.140. The number of likely N-dealkylation sites (N-methyl/N-ethyl adjacent to an activating group) is 2. The van der Waals surface area contributed by atoms with Crippen LogP contribution in [0.1, 0.15) is 47.9 Å². The molecule has 2 N–H and O–H groups in total. The zero-order valence-corrected chi connectivity index (χ0v) is 38.7. The van der Waals surface area contributed by atoms with Gasteiger partial charge in [-0.15, -0.1) is 10.2 Å². The van der Waals surface area contributed by atoms with Gasteiger partial charge in [0.25, 0.3) is 5.89 Å².